The summed E-state index contributed by atoms with van der Waals surface area (Å²) in [4.78, 5) is 19.7. The zero-order valence-electron chi connectivity index (χ0n) is 17.1. The molecule has 1 aliphatic rings. The van der Waals surface area contributed by atoms with Gasteiger partial charge in [0, 0.05) is 47.7 Å². The number of nitrogens with one attached hydrogen (secondary N) is 1. The highest BCUT2D eigenvalue weighted by Crippen LogP contribution is 2.29. The van der Waals surface area contributed by atoms with E-state index in [1.807, 2.05) is 44.2 Å². The number of carbonyl (C=O) groups is 1. The fourth-order valence-electron chi connectivity index (χ4n) is 3.74. The Morgan fingerprint density at radius 3 is 2.59 bits per heavy atom. The molecule has 2 aromatic heterocycles. The zero-order valence-corrected chi connectivity index (χ0v) is 17.9. The van der Waals surface area contributed by atoms with E-state index in [0.29, 0.717) is 0 Å². The molecule has 152 valence electrons. The van der Waals surface area contributed by atoms with Crippen molar-refractivity contribution in [2.24, 2.45) is 0 Å². The van der Waals surface area contributed by atoms with Crippen molar-refractivity contribution in [2.75, 3.05) is 36.5 Å². The number of thiazole rings is 1. The molecule has 1 aliphatic heterocycles. The molecule has 0 aliphatic carbocycles. The maximum absolute atomic E-state index is 12.7. The first kappa shape index (κ1) is 19.7. The summed E-state index contributed by atoms with van der Waals surface area (Å²) in [5.41, 5.74) is 5.61. The lowest BCUT2D eigenvalue weighted by atomic mass is 10.1. The number of carbonyl (C=O) groups excluding carboxylic acids is 1. The molecule has 1 saturated heterocycles. The highest BCUT2D eigenvalue weighted by molar-refractivity contribution is 7.14. The molecule has 0 bridgehead atoms. The summed E-state index contributed by atoms with van der Waals surface area (Å²) in [5.74, 6) is -0.0752. The van der Waals surface area contributed by atoms with Gasteiger partial charge >= 0.3 is 0 Å². The molecule has 1 N–H and O–H groups in total. The SMILES string of the molecule is CCn1c(C)cc(C(=O)Nc2ccc(-c3csc(N4CCOCC4)n3)cc2)c1C. The topological polar surface area (TPSA) is 59.4 Å². The molecule has 1 fully saturated rings. The Morgan fingerprint density at radius 1 is 1.21 bits per heavy atom. The Hall–Kier alpha value is -2.64. The van der Waals surface area contributed by atoms with Gasteiger partial charge in [-0.15, -0.1) is 11.3 Å². The number of aromatic nitrogens is 2. The first-order chi connectivity index (χ1) is 14.1. The molecule has 6 nitrogen and oxygen atoms in total. The molecule has 7 heteroatoms. The quantitative estimate of drug-likeness (QED) is 0.680. The molecule has 0 radical (unpaired) electrons. The number of morpholine rings is 1. The average Bonchev–Trinajstić information content (AvgIpc) is 3.34. The molecule has 3 aromatic rings. The lowest BCUT2D eigenvalue weighted by Crippen LogP contribution is -2.36. The van der Waals surface area contributed by atoms with Gasteiger partial charge in [0.15, 0.2) is 5.13 Å². The summed E-state index contributed by atoms with van der Waals surface area (Å²) < 4.78 is 7.56. The zero-order chi connectivity index (χ0) is 20.4. The molecule has 0 unspecified atom stereocenters. The second-order valence-electron chi connectivity index (χ2n) is 7.18. The number of amides is 1. The second-order valence-corrected chi connectivity index (χ2v) is 8.01. The minimum absolute atomic E-state index is 0.0752. The van der Waals surface area contributed by atoms with E-state index in [1.54, 1.807) is 11.3 Å². The molecule has 0 spiro atoms. The molecular weight excluding hydrogens is 384 g/mol. The number of rotatable bonds is 5. The summed E-state index contributed by atoms with van der Waals surface area (Å²) in [5, 5.41) is 6.12. The monoisotopic (exact) mass is 410 g/mol. The highest BCUT2D eigenvalue weighted by atomic mass is 32.1. The van der Waals surface area contributed by atoms with Crippen molar-refractivity contribution in [3.05, 3.63) is 52.7 Å². The minimum Gasteiger partial charge on any atom is -0.378 e. The Morgan fingerprint density at radius 2 is 1.93 bits per heavy atom. The van der Waals surface area contributed by atoms with Gasteiger partial charge in [0.2, 0.25) is 0 Å². The molecule has 29 heavy (non-hydrogen) atoms. The van der Waals surface area contributed by atoms with Gasteiger partial charge in [-0.2, -0.15) is 0 Å². The Labute approximate surface area is 175 Å². The van der Waals surface area contributed by atoms with Crippen LogP contribution in [0.4, 0.5) is 10.8 Å². The van der Waals surface area contributed by atoms with Crippen molar-refractivity contribution in [3.8, 4) is 11.3 Å². The number of anilines is 2. The van der Waals surface area contributed by atoms with Crippen molar-refractivity contribution >= 4 is 28.1 Å². The van der Waals surface area contributed by atoms with Gasteiger partial charge in [0.05, 0.1) is 24.5 Å². The lowest BCUT2D eigenvalue weighted by Gasteiger charge is -2.26. The van der Waals surface area contributed by atoms with Gasteiger partial charge in [0.1, 0.15) is 0 Å². The third-order valence-electron chi connectivity index (χ3n) is 5.35. The van der Waals surface area contributed by atoms with Crippen molar-refractivity contribution in [1.82, 2.24) is 9.55 Å². The van der Waals surface area contributed by atoms with Gasteiger partial charge in [-0.3, -0.25) is 4.79 Å². The van der Waals surface area contributed by atoms with Crippen molar-refractivity contribution in [2.45, 2.75) is 27.3 Å². The lowest BCUT2D eigenvalue weighted by molar-refractivity contribution is 0.102. The van der Waals surface area contributed by atoms with Crippen LogP contribution in [0.1, 0.15) is 28.7 Å². The predicted octanol–water partition coefficient (Wildman–Crippen LogP) is 4.34. The van der Waals surface area contributed by atoms with E-state index in [2.05, 4.69) is 27.1 Å². The van der Waals surface area contributed by atoms with Crippen molar-refractivity contribution in [1.29, 1.82) is 0 Å². The summed E-state index contributed by atoms with van der Waals surface area (Å²) in [6.45, 7) is 10.2. The minimum atomic E-state index is -0.0752. The number of aryl methyl sites for hydroxylation is 1. The molecule has 0 saturated carbocycles. The summed E-state index contributed by atoms with van der Waals surface area (Å²) in [7, 11) is 0. The number of hydrogen-bond donors (Lipinski definition) is 1. The standard InChI is InChI=1S/C22H26N4O2S/c1-4-26-15(2)13-19(16(26)3)21(27)23-18-7-5-17(6-8-18)20-14-29-22(24-20)25-9-11-28-12-10-25/h5-8,13-14H,4,9-12H2,1-3H3,(H,23,27). The third kappa shape index (κ3) is 4.06. The summed E-state index contributed by atoms with van der Waals surface area (Å²) >= 11 is 1.66. The molecule has 1 amide bonds. The number of benzene rings is 1. The average molecular weight is 411 g/mol. The fraction of sp³-hybridized carbons (Fsp3) is 0.364. The van der Waals surface area contributed by atoms with Crippen molar-refractivity contribution in [3.63, 3.8) is 0 Å². The molecular formula is C22H26N4O2S. The van der Waals surface area contributed by atoms with Crippen LogP contribution in [0.2, 0.25) is 0 Å². The molecule has 4 rings (SSSR count). The summed E-state index contributed by atoms with van der Waals surface area (Å²) in [6, 6.07) is 9.82. The van der Waals surface area contributed by atoms with E-state index < -0.39 is 0 Å². The Balaban J connectivity index is 1.45. The van der Waals surface area contributed by atoms with Gasteiger partial charge in [-0.25, -0.2) is 4.98 Å². The summed E-state index contributed by atoms with van der Waals surface area (Å²) in [6.07, 6.45) is 0. The van der Waals surface area contributed by atoms with Crippen LogP contribution in [0, 0.1) is 13.8 Å². The van der Waals surface area contributed by atoms with Crippen LogP contribution in [-0.4, -0.2) is 41.8 Å². The van der Waals surface area contributed by atoms with Crippen LogP contribution < -0.4 is 10.2 Å². The number of nitrogens with zero attached hydrogens (tertiary/aromatic N) is 3. The van der Waals surface area contributed by atoms with Crippen LogP contribution in [0.25, 0.3) is 11.3 Å². The van der Waals surface area contributed by atoms with Gasteiger partial charge in [0.25, 0.3) is 5.91 Å². The van der Waals surface area contributed by atoms with E-state index in [0.717, 1.165) is 71.9 Å². The van der Waals surface area contributed by atoms with Gasteiger partial charge in [-0.1, -0.05) is 12.1 Å². The molecule has 3 heterocycles. The number of hydrogen-bond acceptors (Lipinski definition) is 5. The van der Waals surface area contributed by atoms with Gasteiger partial charge < -0.3 is 19.5 Å². The third-order valence-corrected chi connectivity index (χ3v) is 6.25. The second kappa shape index (κ2) is 8.39. The van der Waals surface area contributed by atoms with Crippen LogP contribution in [-0.2, 0) is 11.3 Å². The Kier molecular flexibility index (Phi) is 5.69. The predicted molar refractivity (Wildman–Crippen MR) is 118 cm³/mol. The number of ether oxygens (including phenoxy) is 1. The van der Waals surface area contributed by atoms with E-state index in [1.165, 1.54) is 0 Å². The smallest absolute Gasteiger partial charge is 0.257 e. The highest BCUT2D eigenvalue weighted by Gasteiger charge is 2.17. The van der Waals surface area contributed by atoms with E-state index in [9.17, 15) is 4.79 Å². The van der Waals surface area contributed by atoms with E-state index in [4.69, 9.17) is 9.72 Å². The normalized spacial score (nSPS) is 14.2. The largest absolute Gasteiger partial charge is 0.378 e. The van der Waals surface area contributed by atoms with Crippen LogP contribution in [0.3, 0.4) is 0 Å². The van der Waals surface area contributed by atoms with Crippen LogP contribution in [0.5, 0.6) is 0 Å². The van der Waals surface area contributed by atoms with E-state index in [-0.39, 0.29) is 5.91 Å². The maximum atomic E-state index is 12.7. The first-order valence-electron chi connectivity index (χ1n) is 9.93. The fourth-order valence-corrected chi connectivity index (χ4v) is 4.63. The van der Waals surface area contributed by atoms with Gasteiger partial charge in [-0.05, 0) is 39.0 Å². The van der Waals surface area contributed by atoms with Crippen LogP contribution >= 0.6 is 11.3 Å². The molecule has 0 atom stereocenters. The Bertz CT molecular complexity index is 1000. The first-order valence-corrected chi connectivity index (χ1v) is 10.8. The van der Waals surface area contributed by atoms with Crippen LogP contribution in [0.15, 0.2) is 35.7 Å². The maximum Gasteiger partial charge on any atom is 0.257 e. The molecule has 1 aromatic carbocycles. The van der Waals surface area contributed by atoms with Crippen molar-refractivity contribution < 1.29 is 9.53 Å². The van der Waals surface area contributed by atoms with E-state index >= 15 is 0 Å².